The lowest BCUT2D eigenvalue weighted by Crippen LogP contribution is -2.15. The second kappa shape index (κ2) is 2.61. The molecule has 1 heterocycles. The smallest absolute Gasteiger partial charge is 0.357 e. The SMILES string of the molecule is COn1nc(C)cc1C(=O)O. The zero-order valence-corrected chi connectivity index (χ0v) is 6.24. The first-order valence-corrected chi connectivity index (χ1v) is 2.99. The highest BCUT2D eigenvalue weighted by Gasteiger charge is 2.11. The van der Waals surface area contributed by atoms with Crippen molar-refractivity contribution < 1.29 is 14.7 Å². The van der Waals surface area contributed by atoms with Crippen LogP contribution in [0.4, 0.5) is 0 Å². The molecule has 0 unspecified atom stereocenters. The van der Waals surface area contributed by atoms with E-state index in [2.05, 4.69) is 9.94 Å². The zero-order valence-electron chi connectivity index (χ0n) is 6.24. The Morgan fingerprint density at radius 1 is 1.82 bits per heavy atom. The van der Waals surface area contributed by atoms with Gasteiger partial charge in [0.15, 0.2) is 5.69 Å². The van der Waals surface area contributed by atoms with Gasteiger partial charge >= 0.3 is 5.97 Å². The Balaban J connectivity index is 3.12. The third-order valence-electron chi connectivity index (χ3n) is 1.19. The van der Waals surface area contributed by atoms with Crippen LogP contribution in [0.5, 0.6) is 0 Å². The molecule has 0 saturated heterocycles. The van der Waals surface area contributed by atoms with Crippen molar-refractivity contribution in [2.45, 2.75) is 6.92 Å². The topological polar surface area (TPSA) is 64.4 Å². The van der Waals surface area contributed by atoms with Crippen LogP contribution in [0, 0.1) is 6.92 Å². The van der Waals surface area contributed by atoms with Crippen LogP contribution in [-0.2, 0) is 0 Å². The number of carbonyl (C=O) groups is 1. The van der Waals surface area contributed by atoms with Crippen LogP contribution in [0.1, 0.15) is 16.2 Å². The molecule has 1 rings (SSSR count). The van der Waals surface area contributed by atoms with Gasteiger partial charge < -0.3 is 9.94 Å². The maximum atomic E-state index is 10.5. The first-order valence-electron chi connectivity index (χ1n) is 2.99. The molecule has 0 radical (unpaired) electrons. The summed E-state index contributed by atoms with van der Waals surface area (Å²) >= 11 is 0. The number of aromatic carboxylic acids is 1. The van der Waals surface area contributed by atoms with E-state index in [0.29, 0.717) is 5.69 Å². The van der Waals surface area contributed by atoms with E-state index >= 15 is 0 Å². The number of aromatic nitrogens is 2. The standard InChI is InChI=1S/C6H8N2O3/c1-4-3-5(6(9)10)8(7-4)11-2/h3H,1-2H3,(H,9,10). The summed E-state index contributed by atoms with van der Waals surface area (Å²) in [5, 5.41) is 12.3. The van der Waals surface area contributed by atoms with Crippen LogP contribution in [0.3, 0.4) is 0 Å². The second-order valence-corrected chi connectivity index (χ2v) is 2.03. The lowest BCUT2D eigenvalue weighted by Gasteiger charge is -1.98. The lowest BCUT2D eigenvalue weighted by atomic mass is 10.4. The highest BCUT2D eigenvalue weighted by atomic mass is 16.7. The molecule has 0 fully saturated rings. The summed E-state index contributed by atoms with van der Waals surface area (Å²) in [5.41, 5.74) is 0.647. The van der Waals surface area contributed by atoms with Crippen molar-refractivity contribution in [1.82, 2.24) is 9.94 Å². The van der Waals surface area contributed by atoms with Crippen LogP contribution in [0.2, 0.25) is 0 Å². The molecule has 0 aliphatic heterocycles. The Labute approximate surface area is 63.2 Å². The molecule has 0 aliphatic carbocycles. The summed E-state index contributed by atoms with van der Waals surface area (Å²) in [6, 6.07) is 1.44. The fraction of sp³-hybridized carbons (Fsp3) is 0.333. The second-order valence-electron chi connectivity index (χ2n) is 2.03. The number of carboxylic acid groups (broad SMARTS) is 1. The molecular formula is C6H8N2O3. The maximum absolute atomic E-state index is 10.5. The molecule has 0 aromatic carbocycles. The van der Waals surface area contributed by atoms with E-state index in [1.54, 1.807) is 6.92 Å². The minimum absolute atomic E-state index is 0.0324. The van der Waals surface area contributed by atoms with Gasteiger partial charge in [0.1, 0.15) is 7.11 Å². The molecule has 1 N–H and O–H groups in total. The average molecular weight is 156 g/mol. The minimum Gasteiger partial charge on any atom is -0.476 e. The van der Waals surface area contributed by atoms with Gasteiger partial charge in [-0.25, -0.2) is 4.79 Å². The van der Waals surface area contributed by atoms with Crippen molar-refractivity contribution in [3.63, 3.8) is 0 Å². The van der Waals surface area contributed by atoms with Crippen molar-refractivity contribution in [2.24, 2.45) is 0 Å². The number of nitrogens with zero attached hydrogens (tertiary/aromatic N) is 2. The molecule has 0 spiro atoms. The quantitative estimate of drug-likeness (QED) is 0.651. The summed E-state index contributed by atoms with van der Waals surface area (Å²) < 4.78 is 0. The predicted octanol–water partition coefficient (Wildman–Crippen LogP) is -0.0519. The van der Waals surface area contributed by atoms with Crippen molar-refractivity contribution in [1.29, 1.82) is 0 Å². The molecule has 60 valence electrons. The molecule has 5 nitrogen and oxygen atoms in total. The minimum atomic E-state index is -1.05. The summed E-state index contributed by atoms with van der Waals surface area (Å²) in [4.78, 5) is 16.1. The Kier molecular flexibility index (Phi) is 1.80. The van der Waals surface area contributed by atoms with Gasteiger partial charge in [-0.2, -0.15) is 0 Å². The molecule has 0 aliphatic rings. The van der Waals surface area contributed by atoms with Gasteiger partial charge in [0.05, 0.1) is 5.69 Å². The van der Waals surface area contributed by atoms with E-state index in [1.165, 1.54) is 13.2 Å². The van der Waals surface area contributed by atoms with Gasteiger partial charge in [0, 0.05) is 0 Å². The molecular weight excluding hydrogens is 148 g/mol. The van der Waals surface area contributed by atoms with E-state index < -0.39 is 5.97 Å². The van der Waals surface area contributed by atoms with Gasteiger partial charge in [-0.05, 0) is 13.0 Å². The number of rotatable bonds is 2. The number of carboxylic acids is 1. The van der Waals surface area contributed by atoms with E-state index in [-0.39, 0.29) is 5.69 Å². The van der Waals surface area contributed by atoms with Crippen molar-refractivity contribution in [2.75, 3.05) is 7.11 Å². The van der Waals surface area contributed by atoms with Crippen molar-refractivity contribution in [3.05, 3.63) is 17.5 Å². The van der Waals surface area contributed by atoms with Gasteiger partial charge in [-0.15, -0.1) is 5.10 Å². The molecule has 1 aromatic heterocycles. The maximum Gasteiger partial charge on any atom is 0.357 e. The Morgan fingerprint density at radius 3 is 2.82 bits per heavy atom. The number of hydrogen-bond donors (Lipinski definition) is 1. The van der Waals surface area contributed by atoms with Gasteiger partial charge in [0.2, 0.25) is 0 Å². The number of aryl methyl sites for hydroxylation is 1. The van der Waals surface area contributed by atoms with Gasteiger partial charge in [-0.1, -0.05) is 4.85 Å². The highest BCUT2D eigenvalue weighted by molar-refractivity contribution is 5.85. The average Bonchev–Trinajstić information content (AvgIpc) is 2.30. The molecule has 0 saturated carbocycles. The molecule has 0 atom stereocenters. The van der Waals surface area contributed by atoms with Gasteiger partial charge in [-0.3, -0.25) is 0 Å². The summed E-state index contributed by atoms with van der Waals surface area (Å²) in [7, 11) is 1.36. The lowest BCUT2D eigenvalue weighted by molar-refractivity contribution is 0.0611. The van der Waals surface area contributed by atoms with E-state index in [4.69, 9.17) is 5.11 Å². The zero-order chi connectivity index (χ0) is 8.43. The first-order chi connectivity index (χ1) is 5.15. The van der Waals surface area contributed by atoms with Gasteiger partial charge in [0.25, 0.3) is 0 Å². The van der Waals surface area contributed by atoms with E-state index in [0.717, 1.165) is 4.85 Å². The Morgan fingerprint density at radius 2 is 2.45 bits per heavy atom. The van der Waals surface area contributed by atoms with E-state index in [1.807, 2.05) is 0 Å². The third kappa shape index (κ3) is 1.31. The third-order valence-corrected chi connectivity index (χ3v) is 1.19. The normalized spacial score (nSPS) is 9.64. The fourth-order valence-electron chi connectivity index (χ4n) is 0.762. The van der Waals surface area contributed by atoms with E-state index in [9.17, 15) is 4.79 Å². The van der Waals surface area contributed by atoms with Crippen LogP contribution in [0.15, 0.2) is 6.07 Å². The molecule has 0 bridgehead atoms. The monoisotopic (exact) mass is 156 g/mol. The van der Waals surface area contributed by atoms with Crippen LogP contribution in [-0.4, -0.2) is 28.1 Å². The summed E-state index contributed by atoms with van der Waals surface area (Å²) in [6.45, 7) is 1.70. The van der Waals surface area contributed by atoms with Crippen LogP contribution in [0.25, 0.3) is 0 Å². The van der Waals surface area contributed by atoms with Crippen LogP contribution >= 0.6 is 0 Å². The first kappa shape index (κ1) is 7.59. The largest absolute Gasteiger partial charge is 0.476 e. The highest BCUT2D eigenvalue weighted by Crippen LogP contribution is 2.00. The van der Waals surface area contributed by atoms with Crippen LogP contribution < -0.4 is 4.84 Å². The predicted molar refractivity (Wildman–Crippen MR) is 36.4 cm³/mol. The molecule has 1 aromatic rings. The van der Waals surface area contributed by atoms with Crippen molar-refractivity contribution >= 4 is 5.97 Å². The number of hydrogen-bond acceptors (Lipinski definition) is 3. The Hall–Kier alpha value is -1.52. The van der Waals surface area contributed by atoms with Crippen molar-refractivity contribution in [3.8, 4) is 0 Å². The molecule has 0 amide bonds. The molecule has 11 heavy (non-hydrogen) atoms. The fourth-order valence-corrected chi connectivity index (χ4v) is 0.762. The summed E-state index contributed by atoms with van der Waals surface area (Å²) in [6.07, 6.45) is 0. The summed E-state index contributed by atoms with van der Waals surface area (Å²) in [5.74, 6) is -1.05. The Bertz CT molecular complexity index is 279. The molecule has 5 heteroatoms.